The van der Waals surface area contributed by atoms with Crippen LogP contribution in [-0.2, 0) is 11.6 Å². The van der Waals surface area contributed by atoms with Crippen LogP contribution in [0.5, 0.6) is 5.75 Å². The monoisotopic (exact) mass is 480 g/mol. The zero-order chi connectivity index (χ0) is 24.9. The van der Waals surface area contributed by atoms with Crippen LogP contribution in [0.15, 0.2) is 78.9 Å². The molecular formula is C27H20N4O3S. The van der Waals surface area contributed by atoms with Gasteiger partial charge in [-0.05, 0) is 37.6 Å². The number of pyridine rings is 1. The van der Waals surface area contributed by atoms with Crippen molar-refractivity contribution in [1.82, 2.24) is 14.8 Å². The highest BCUT2D eigenvalue weighted by molar-refractivity contribution is 7.51. The van der Waals surface area contributed by atoms with E-state index in [4.69, 9.17) is 25.1 Å². The average molecular weight is 481 g/mol. The van der Waals surface area contributed by atoms with E-state index in [1.807, 2.05) is 80.6 Å². The molecule has 0 spiro atoms. The highest BCUT2D eigenvalue weighted by Gasteiger charge is 2.24. The number of benzene rings is 3. The molecule has 3 aromatic carbocycles. The van der Waals surface area contributed by atoms with Gasteiger partial charge in [0, 0.05) is 16.5 Å². The molecular weight excluding hydrogens is 460 g/mol. The van der Waals surface area contributed by atoms with Gasteiger partial charge >= 0.3 is 11.6 Å². The molecule has 0 atom stereocenters. The first kappa shape index (κ1) is 23.5. The predicted molar refractivity (Wildman–Crippen MR) is 136 cm³/mol. The molecule has 0 saturated heterocycles. The first-order valence-corrected chi connectivity index (χ1v) is 11.3. The number of para-hydroxylation sites is 2. The second kappa shape index (κ2) is 10.1. The Morgan fingerprint density at radius 3 is 2.17 bits per heavy atom. The lowest BCUT2D eigenvalue weighted by molar-refractivity contribution is 0.477. The number of hydrogen-bond donors (Lipinski definition) is 1. The van der Waals surface area contributed by atoms with Crippen molar-refractivity contribution in [1.29, 1.82) is 0 Å². The third kappa shape index (κ3) is 4.45. The molecule has 2 aromatic heterocycles. The van der Waals surface area contributed by atoms with Gasteiger partial charge in [-0.15, -0.1) is 0 Å². The summed E-state index contributed by atoms with van der Waals surface area (Å²) in [5.74, 6) is 0.117. The van der Waals surface area contributed by atoms with Crippen molar-refractivity contribution in [3.05, 3.63) is 102 Å². The SMILES string of the molecule is O=S=O.[C-]#[N+]c1c(-c2ccc(C)cc2)nc2c(c(C)nn2-c2ccccc2)c1-c1ccccc1O. The van der Waals surface area contributed by atoms with E-state index in [0.717, 1.165) is 27.9 Å². The number of aromatic nitrogens is 3. The van der Waals surface area contributed by atoms with E-state index in [1.165, 1.54) is 0 Å². The van der Waals surface area contributed by atoms with Crippen LogP contribution in [0.25, 0.3) is 44.0 Å². The van der Waals surface area contributed by atoms with Gasteiger partial charge in [0.05, 0.1) is 23.6 Å². The maximum atomic E-state index is 10.7. The van der Waals surface area contributed by atoms with Crippen molar-refractivity contribution in [2.24, 2.45) is 0 Å². The number of fused-ring (bicyclic) bond motifs is 1. The fourth-order valence-corrected chi connectivity index (χ4v) is 4.02. The Balaban J connectivity index is 0.000000917. The summed E-state index contributed by atoms with van der Waals surface area (Å²) in [7, 11) is 0. The van der Waals surface area contributed by atoms with E-state index in [9.17, 15) is 5.11 Å². The Morgan fingerprint density at radius 2 is 1.54 bits per heavy atom. The number of nitrogens with zero attached hydrogens (tertiary/aromatic N) is 4. The number of phenols is 1. The summed E-state index contributed by atoms with van der Waals surface area (Å²) in [6.45, 7) is 12.0. The van der Waals surface area contributed by atoms with Crippen LogP contribution < -0.4 is 0 Å². The first-order valence-electron chi connectivity index (χ1n) is 10.6. The predicted octanol–water partition coefficient (Wildman–Crippen LogP) is 5.96. The van der Waals surface area contributed by atoms with Gasteiger partial charge in [-0.25, -0.2) is 14.5 Å². The number of hydrogen-bond acceptors (Lipinski definition) is 5. The zero-order valence-electron chi connectivity index (χ0n) is 19.0. The Hall–Kier alpha value is -4.61. The minimum absolute atomic E-state index is 0.117. The van der Waals surface area contributed by atoms with E-state index in [1.54, 1.807) is 16.8 Å². The van der Waals surface area contributed by atoms with E-state index < -0.39 is 11.6 Å². The van der Waals surface area contributed by atoms with Crippen molar-refractivity contribution in [3.8, 4) is 33.8 Å². The maximum absolute atomic E-state index is 10.7. The summed E-state index contributed by atoms with van der Waals surface area (Å²) < 4.78 is 18.4. The molecule has 35 heavy (non-hydrogen) atoms. The summed E-state index contributed by atoms with van der Waals surface area (Å²) in [4.78, 5) is 8.86. The van der Waals surface area contributed by atoms with Crippen LogP contribution in [0.2, 0.25) is 0 Å². The van der Waals surface area contributed by atoms with E-state index >= 15 is 0 Å². The molecule has 0 aliphatic heterocycles. The Bertz CT molecular complexity index is 1600. The van der Waals surface area contributed by atoms with Crippen LogP contribution in [-0.4, -0.2) is 28.3 Å². The number of aromatic hydroxyl groups is 1. The molecule has 0 amide bonds. The van der Waals surface area contributed by atoms with Crippen molar-refractivity contribution in [2.45, 2.75) is 13.8 Å². The van der Waals surface area contributed by atoms with Gasteiger partial charge in [-0.3, -0.25) is 0 Å². The Kier molecular flexibility index (Phi) is 6.81. The smallest absolute Gasteiger partial charge is 0.335 e. The topological polar surface area (TPSA) is 89.4 Å². The second-order valence-corrected chi connectivity index (χ2v) is 7.91. The summed E-state index contributed by atoms with van der Waals surface area (Å²) in [5.41, 5.74) is 6.47. The van der Waals surface area contributed by atoms with Crippen LogP contribution >= 0.6 is 0 Å². The molecule has 5 aromatic rings. The summed E-state index contributed by atoms with van der Waals surface area (Å²) in [6, 6.07) is 24.9. The Morgan fingerprint density at radius 1 is 0.914 bits per heavy atom. The lowest BCUT2D eigenvalue weighted by Crippen LogP contribution is -1.99. The Labute approximate surface area is 205 Å². The molecule has 0 radical (unpaired) electrons. The minimum Gasteiger partial charge on any atom is -0.507 e. The van der Waals surface area contributed by atoms with Crippen LogP contribution in [0.3, 0.4) is 0 Å². The molecule has 0 unspecified atom stereocenters. The average Bonchev–Trinajstić information content (AvgIpc) is 3.21. The summed E-state index contributed by atoms with van der Waals surface area (Å²) in [5, 5.41) is 16.2. The standard InChI is InChI=1S/C27H20N4O.O2S/c1-17-13-15-19(16-14-17)25-26(28-3)24(21-11-7-8-12-22(21)32)23-18(2)30-31(27(23)29-25)20-9-5-4-6-10-20;1-3-2/h4-16,32H,1-2H3;. The number of aryl methyl sites for hydroxylation is 2. The van der Waals surface area contributed by atoms with Gasteiger partial charge in [-0.1, -0.05) is 66.2 Å². The van der Waals surface area contributed by atoms with Gasteiger partial charge in [0.2, 0.25) is 5.69 Å². The molecule has 0 bridgehead atoms. The molecule has 8 heteroatoms. The van der Waals surface area contributed by atoms with Crippen molar-refractivity contribution >= 4 is 28.3 Å². The molecule has 172 valence electrons. The van der Waals surface area contributed by atoms with Gasteiger partial charge in [-0.2, -0.15) is 13.5 Å². The van der Waals surface area contributed by atoms with Crippen molar-refractivity contribution < 1.29 is 13.5 Å². The van der Waals surface area contributed by atoms with Gasteiger partial charge in [0.15, 0.2) is 5.65 Å². The van der Waals surface area contributed by atoms with Gasteiger partial charge in [0.1, 0.15) is 5.75 Å². The third-order valence-corrected chi connectivity index (χ3v) is 5.58. The molecule has 0 fully saturated rings. The second-order valence-electron chi connectivity index (χ2n) is 7.78. The zero-order valence-corrected chi connectivity index (χ0v) is 19.8. The largest absolute Gasteiger partial charge is 0.507 e. The van der Waals surface area contributed by atoms with Crippen molar-refractivity contribution in [3.63, 3.8) is 0 Å². The van der Waals surface area contributed by atoms with Crippen LogP contribution in [0.1, 0.15) is 11.3 Å². The normalized spacial score (nSPS) is 10.3. The highest BCUT2D eigenvalue weighted by Crippen LogP contribution is 2.46. The number of rotatable bonds is 3. The molecule has 1 N–H and O–H groups in total. The quantitative estimate of drug-likeness (QED) is 0.322. The highest BCUT2D eigenvalue weighted by atomic mass is 32.1. The molecule has 2 heterocycles. The third-order valence-electron chi connectivity index (χ3n) is 5.58. The van der Waals surface area contributed by atoms with E-state index in [-0.39, 0.29) is 5.75 Å². The lowest BCUT2D eigenvalue weighted by Gasteiger charge is -2.14. The minimum atomic E-state index is -0.750. The summed E-state index contributed by atoms with van der Waals surface area (Å²) >= 11 is -0.750. The van der Waals surface area contributed by atoms with Gasteiger partial charge in [0.25, 0.3) is 0 Å². The lowest BCUT2D eigenvalue weighted by atomic mass is 9.96. The first-order chi connectivity index (χ1) is 17.0. The molecule has 7 nitrogen and oxygen atoms in total. The van der Waals surface area contributed by atoms with Crippen LogP contribution in [0.4, 0.5) is 5.69 Å². The van der Waals surface area contributed by atoms with Gasteiger partial charge < -0.3 is 5.11 Å². The molecule has 0 aliphatic rings. The van der Waals surface area contributed by atoms with Crippen LogP contribution in [0, 0.1) is 20.4 Å². The van der Waals surface area contributed by atoms with Crippen molar-refractivity contribution in [2.75, 3.05) is 0 Å². The fraction of sp³-hybridized carbons (Fsp3) is 0.0741. The summed E-state index contributed by atoms with van der Waals surface area (Å²) in [6.07, 6.45) is 0. The molecule has 0 saturated carbocycles. The van der Waals surface area contributed by atoms with E-state index in [0.29, 0.717) is 28.2 Å². The number of phenolic OH excluding ortho intramolecular Hbond substituents is 1. The fourth-order valence-electron chi connectivity index (χ4n) is 4.02. The molecule has 5 rings (SSSR count). The van der Waals surface area contributed by atoms with E-state index in [2.05, 4.69) is 4.85 Å². The maximum Gasteiger partial charge on any atom is 0.335 e. The molecule has 0 aliphatic carbocycles.